The highest BCUT2D eigenvalue weighted by molar-refractivity contribution is 5.95. The van der Waals surface area contributed by atoms with Crippen molar-refractivity contribution in [1.82, 2.24) is 15.2 Å². The molecule has 2 aliphatic rings. The van der Waals surface area contributed by atoms with Crippen molar-refractivity contribution in [2.75, 3.05) is 31.1 Å². The van der Waals surface area contributed by atoms with Gasteiger partial charge in [-0.1, -0.05) is 13.0 Å². The summed E-state index contributed by atoms with van der Waals surface area (Å²) in [4.78, 5) is 32.5. The molecule has 9 nitrogen and oxygen atoms in total. The fraction of sp³-hybridized carbons (Fsp3) is 0.458. The molecule has 0 spiro atoms. The summed E-state index contributed by atoms with van der Waals surface area (Å²) < 4.78 is 0. The van der Waals surface area contributed by atoms with E-state index in [0.717, 1.165) is 11.1 Å². The Balaban J connectivity index is 1.44. The second kappa shape index (κ2) is 9.76. The number of phenols is 1. The first-order valence-corrected chi connectivity index (χ1v) is 11.4. The maximum atomic E-state index is 12.2. The van der Waals surface area contributed by atoms with Gasteiger partial charge in [-0.05, 0) is 41.3 Å². The molecule has 2 aliphatic heterocycles. The number of aliphatic hydroxyl groups excluding tert-OH is 1. The number of carbonyl (C=O) groups excluding carboxylic acids is 2. The molecule has 0 aliphatic carbocycles. The highest BCUT2D eigenvalue weighted by atomic mass is 16.3. The molecule has 33 heavy (non-hydrogen) atoms. The Morgan fingerprint density at radius 1 is 1.21 bits per heavy atom. The van der Waals surface area contributed by atoms with Crippen molar-refractivity contribution in [2.24, 2.45) is 5.73 Å². The lowest BCUT2D eigenvalue weighted by Gasteiger charge is -2.35. The number of primary amides is 1. The first-order valence-electron chi connectivity index (χ1n) is 11.4. The predicted molar refractivity (Wildman–Crippen MR) is 124 cm³/mol. The number of hydrogen-bond donors (Lipinski definition) is 4. The van der Waals surface area contributed by atoms with Crippen LogP contribution >= 0.6 is 0 Å². The van der Waals surface area contributed by atoms with Crippen LogP contribution in [0.25, 0.3) is 0 Å². The number of aromatic hydroxyl groups is 1. The summed E-state index contributed by atoms with van der Waals surface area (Å²) in [6.45, 7) is 4.92. The molecule has 0 radical (unpaired) electrons. The average molecular weight is 454 g/mol. The van der Waals surface area contributed by atoms with Crippen LogP contribution in [0.2, 0.25) is 0 Å². The van der Waals surface area contributed by atoms with E-state index in [0.29, 0.717) is 62.5 Å². The van der Waals surface area contributed by atoms with Gasteiger partial charge in [-0.15, -0.1) is 0 Å². The van der Waals surface area contributed by atoms with E-state index in [1.165, 1.54) is 0 Å². The maximum Gasteiger partial charge on any atom is 0.249 e. The van der Waals surface area contributed by atoms with Gasteiger partial charge >= 0.3 is 0 Å². The number of benzene rings is 1. The number of nitrogens with zero attached hydrogens (tertiary/aromatic N) is 3. The number of nitrogens with one attached hydrogen (secondary N) is 1. The van der Waals surface area contributed by atoms with Crippen LogP contribution < -0.4 is 16.0 Å². The zero-order valence-corrected chi connectivity index (χ0v) is 18.8. The van der Waals surface area contributed by atoms with Crippen molar-refractivity contribution in [1.29, 1.82) is 0 Å². The molecule has 1 saturated heterocycles. The molecule has 0 unspecified atom stereocenters. The number of hydrogen-bond acceptors (Lipinski definition) is 7. The van der Waals surface area contributed by atoms with E-state index < -0.39 is 12.0 Å². The number of carbonyl (C=O) groups is 2. The lowest BCUT2D eigenvalue weighted by Crippen LogP contribution is -2.49. The summed E-state index contributed by atoms with van der Waals surface area (Å²) in [6, 6.07) is 6.76. The fourth-order valence-electron chi connectivity index (χ4n) is 4.61. The SMILES string of the molecule is CCC(=O)N1CCN(c2cc(C(N)=O)c(C[C@@H](O)[C@@H]3Cc4ccc(O)cc4CN3)cn2)CC1. The van der Waals surface area contributed by atoms with Crippen LogP contribution in [-0.4, -0.2) is 70.2 Å². The van der Waals surface area contributed by atoms with E-state index in [-0.39, 0.29) is 24.1 Å². The quantitative estimate of drug-likeness (QED) is 0.503. The maximum absolute atomic E-state index is 12.2. The Morgan fingerprint density at radius 2 is 1.97 bits per heavy atom. The first-order chi connectivity index (χ1) is 15.9. The smallest absolute Gasteiger partial charge is 0.249 e. The Labute approximate surface area is 193 Å². The summed E-state index contributed by atoms with van der Waals surface area (Å²) in [5.74, 6) is 0.457. The minimum atomic E-state index is -0.735. The first kappa shape index (κ1) is 23.0. The number of piperazine rings is 1. The number of amides is 2. The lowest BCUT2D eigenvalue weighted by molar-refractivity contribution is -0.131. The monoisotopic (exact) mass is 453 g/mol. The number of aliphatic hydroxyl groups is 1. The zero-order valence-electron chi connectivity index (χ0n) is 18.8. The van der Waals surface area contributed by atoms with Crippen molar-refractivity contribution in [3.05, 3.63) is 52.7 Å². The molecular formula is C24H31N5O4. The molecule has 1 aromatic heterocycles. The number of aromatic nitrogens is 1. The highest BCUT2D eigenvalue weighted by Crippen LogP contribution is 2.25. The summed E-state index contributed by atoms with van der Waals surface area (Å²) in [6.07, 6.45) is 2.24. The number of rotatable bonds is 6. The van der Waals surface area contributed by atoms with Gasteiger partial charge in [0.05, 0.1) is 6.10 Å². The minimum Gasteiger partial charge on any atom is -0.508 e. The summed E-state index contributed by atoms with van der Waals surface area (Å²) in [5.41, 5.74) is 8.73. The third-order valence-corrected chi connectivity index (χ3v) is 6.57. The van der Waals surface area contributed by atoms with Crippen LogP contribution in [0, 0.1) is 0 Å². The second-order valence-corrected chi connectivity index (χ2v) is 8.70. The van der Waals surface area contributed by atoms with Gasteiger partial charge in [0.25, 0.3) is 0 Å². The molecule has 2 amide bonds. The van der Waals surface area contributed by atoms with Gasteiger partial charge in [-0.2, -0.15) is 0 Å². The number of anilines is 1. The van der Waals surface area contributed by atoms with Gasteiger partial charge in [0.1, 0.15) is 11.6 Å². The van der Waals surface area contributed by atoms with Gasteiger partial charge in [-0.3, -0.25) is 9.59 Å². The Kier molecular flexibility index (Phi) is 6.80. The van der Waals surface area contributed by atoms with Gasteiger partial charge in [-0.25, -0.2) is 4.98 Å². The van der Waals surface area contributed by atoms with Gasteiger partial charge < -0.3 is 31.1 Å². The fourth-order valence-corrected chi connectivity index (χ4v) is 4.61. The van der Waals surface area contributed by atoms with Crippen LogP contribution in [0.15, 0.2) is 30.5 Å². The van der Waals surface area contributed by atoms with Gasteiger partial charge in [0, 0.05) is 63.4 Å². The Morgan fingerprint density at radius 3 is 2.67 bits per heavy atom. The predicted octanol–water partition coefficient (Wildman–Crippen LogP) is 0.563. The second-order valence-electron chi connectivity index (χ2n) is 8.70. The summed E-state index contributed by atoms with van der Waals surface area (Å²) in [7, 11) is 0. The number of nitrogens with two attached hydrogens (primary N) is 1. The van der Waals surface area contributed by atoms with Crippen LogP contribution in [0.5, 0.6) is 5.75 Å². The van der Waals surface area contributed by atoms with Crippen molar-refractivity contribution < 1.29 is 19.8 Å². The van der Waals surface area contributed by atoms with Crippen molar-refractivity contribution in [3.63, 3.8) is 0 Å². The molecule has 9 heteroatoms. The van der Waals surface area contributed by atoms with Crippen molar-refractivity contribution in [3.8, 4) is 5.75 Å². The van der Waals surface area contributed by atoms with Gasteiger partial charge in [0.2, 0.25) is 11.8 Å². The Hall–Kier alpha value is -3.17. The molecule has 0 bridgehead atoms. The molecule has 2 atom stereocenters. The largest absolute Gasteiger partial charge is 0.508 e. The van der Waals surface area contributed by atoms with Crippen LogP contribution in [0.1, 0.15) is 40.4 Å². The summed E-state index contributed by atoms with van der Waals surface area (Å²) in [5, 5.41) is 23.9. The summed E-state index contributed by atoms with van der Waals surface area (Å²) >= 11 is 0. The van der Waals surface area contributed by atoms with Crippen molar-refractivity contribution in [2.45, 2.75) is 44.9 Å². The van der Waals surface area contributed by atoms with E-state index in [9.17, 15) is 19.8 Å². The number of pyridine rings is 1. The number of phenolic OH excluding ortho intramolecular Hbond substituents is 1. The van der Waals surface area contributed by atoms with Crippen LogP contribution in [-0.2, 0) is 24.2 Å². The van der Waals surface area contributed by atoms with E-state index in [4.69, 9.17) is 5.73 Å². The molecule has 1 aromatic carbocycles. The molecule has 2 aromatic rings. The van der Waals surface area contributed by atoms with Crippen molar-refractivity contribution >= 4 is 17.6 Å². The minimum absolute atomic E-state index is 0.139. The highest BCUT2D eigenvalue weighted by Gasteiger charge is 2.27. The van der Waals surface area contributed by atoms with Gasteiger partial charge in [0.15, 0.2) is 0 Å². The third-order valence-electron chi connectivity index (χ3n) is 6.57. The molecule has 0 saturated carbocycles. The third kappa shape index (κ3) is 5.09. The molecule has 176 valence electrons. The van der Waals surface area contributed by atoms with E-state index in [2.05, 4.69) is 10.3 Å². The lowest BCUT2D eigenvalue weighted by atomic mass is 9.90. The molecule has 5 N–H and O–H groups in total. The average Bonchev–Trinajstić information content (AvgIpc) is 2.83. The Bertz CT molecular complexity index is 1040. The number of fused-ring (bicyclic) bond motifs is 1. The van der Waals surface area contributed by atoms with Crippen LogP contribution in [0.3, 0.4) is 0 Å². The van der Waals surface area contributed by atoms with E-state index >= 15 is 0 Å². The molecular weight excluding hydrogens is 422 g/mol. The topological polar surface area (TPSA) is 132 Å². The zero-order chi connectivity index (χ0) is 23.5. The molecule has 4 rings (SSSR count). The molecule has 3 heterocycles. The van der Waals surface area contributed by atoms with E-state index in [1.807, 2.05) is 22.8 Å². The van der Waals surface area contributed by atoms with E-state index in [1.54, 1.807) is 24.4 Å². The normalized spacial score (nSPS) is 19.2. The standard InChI is InChI=1S/C24H31N5O4/c1-2-23(32)29-7-5-28(6-8-29)22-12-19(24(25)33)17(14-27-22)11-21(31)20-10-15-3-4-18(30)9-16(15)13-26-20/h3-4,9,12,14,20-21,26,30-31H,2,5-8,10-11,13H2,1H3,(H2,25,33)/t20-,21+/m0/s1. The molecule has 1 fully saturated rings. The van der Waals surface area contributed by atoms with Crippen LogP contribution in [0.4, 0.5) is 5.82 Å².